The van der Waals surface area contributed by atoms with Crippen LogP contribution < -0.4 is 4.72 Å². The summed E-state index contributed by atoms with van der Waals surface area (Å²) in [6.07, 6.45) is -4.04. The molecule has 1 unspecified atom stereocenters. The summed E-state index contributed by atoms with van der Waals surface area (Å²) in [6.45, 7) is 1.73. The smallest absolute Gasteiger partial charge is 0.325 e. The van der Waals surface area contributed by atoms with E-state index < -0.39 is 28.7 Å². The number of rotatable bonds is 8. The Hall–Kier alpha value is -2.90. The molecule has 0 radical (unpaired) electrons. The lowest BCUT2D eigenvalue weighted by atomic mass is 10.1. The molecule has 1 atom stereocenters. The monoisotopic (exact) mass is 453 g/mol. The molecule has 0 saturated heterocycles. The van der Waals surface area contributed by atoms with E-state index in [1.807, 2.05) is 13.0 Å². The quantitative estimate of drug-likeness (QED) is 0.658. The van der Waals surface area contributed by atoms with E-state index in [0.29, 0.717) is 22.4 Å². The van der Waals surface area contributed by atoms with Crippen molar-refractivity contribution >= 4 is 15.9 Å². The van der Waals surface area contributed by atoms with Crippen LogP contribution in [0.3, 0.4) is 0 Å². The van der Waals surface area contributed by atoms with Gasteiger partial charge in [-0.2, -0.15) is 18.4 Å². The second-order valence-corrected chi connectivity index (χ2v) is 8.75. The predicted octanol–water partition coefficient (Wildman–Crippen LogP) is 3.84. The SMILES string of the molecule is CCC(C)NS(=O)(=O)c1ccc(C(=O)N(Cc2ccc(C#N)cc2)CC(F)(F)F)cc1. The summed E-state index contributed by atoms with van der Waals surface area (Å²) >= 11 is 0. The van der Waals surface area contributed by atoms with E-state index in [2.05, 4.69) is 4.72 Å². The number of amides is 1. The van der Waals surface area contributed by atoms with Crippen LogP contribution in [-0.4, -0.2) is 38.0 Å². The Morgan fingerprint density at radius 2 is 1.71 bits per heavy atom. The van der Waals surface area contributed by atoms with Gasteiger partial charge in [0.05, 0.1) is 16.5 Å². The molecule has 31 heavy (non-hydrogen) atoms. The van der Waals surface area contributed by atoms with Crippen molar-refractivity contribution in [3.63, 3.8) is 0 Å². The Kier molecular flexibility index (Phi) is 7.81. The first kappa shape index (κ1) is 24.4. The van der Waals surface area contributed by atoms with Gasteiger partial charge in [-0.05, 0) is 55.3 Å². The molecular formula is C21H22F3N3O3S. The zero-order valence-corrected chi connectivity index (χ0v) is 17.8. The lowest BCUT2D eigenvalue weighted by molar-refractivity contribution is -0.141. The average Bonchev–Trinajstić information content (AvgIpc) is 2.72. The van der Waals surface area contributed by atoms with E-state index in [1.165, 1.54) is 48.5 Å². The molecule has 1 amide bonds. The lowest BCUT2D eigenvalue weighted by Crippen LogP contribution is -2.38. The van der Waals surface area contributed by atoms with E-state index in [4.69, 9.17) is 5.26 Å². The largest absolute Gasteiger partial charge is 0.406 e. The second kappa shape index (κ2) is 9.94. The zero-order chi connectivity index (χ0) is 23.2. The van der Waals surface area contributed by atoms with Crippen molar-refractivity contribution in [3.8, 4) is 6.07 Å². The maximum Gasteiger partial charge on any atom is 0.406 e. The van der Waals surface area contributed by atoms with Gasteiger partial charge in [0.2, 0.25) is 10.0 Å². The Bertz CT molecular complexity index is 1040. The molecule has 2 rings (SSSR count). The molecule has 0 aliphatic heterocycles. The minimum atomic E-state index is -4.62. The lowest BCUT2D eigenvalue weighted by Gasteiger charge is -2.24. The van der Waals surface area contributed by atoms with Gasteiger partial charge in [0.1, 0.15) is 6.54 Å². The number of sulfonamides is 1. The summed E-state index contributed by atoms with van der Waals surface area (Å²) in [4.78, 5) is 13.3. The number of carbonyl (C=O) groups excluding carboxylic acids is 1. The van der Waals surface area contributed by atoms with E-state index in [-0.39, 0.29) is 23.0 Å². The minimum absolute atomic E-state index is 0.0691. The summed E-state index contributed by atoms with van der Waals surface area (Å²) in [5, 5.41) is 8.83. The van der Waals surface area contributed by atoms with Gasteiger partial charge in [-0.1, -0.05) is 19.1 Å². The molecular weight excluding hydrogens is 431 g/mol. The molecule has 0 aliphatic carbocycles. The van der Waals surface area contributed by atoms with Gasteiger partial charge >= 0.3 is 6.18 Å². The molecule has 0 aromatic heterocycles. The van der Waals surface area contributed by atoms with Gasteiger partial charge in [-0.15, -0.1) is 0 Å². The summed E-state index contributed by atoms with van der Waals surface area (Å²) < 4.78 is 66.3. The molecule has 10 heteroatoms. The predicted molar refractivity (Wildman–Crippen MR) is 108 cm³/mol. The maximum atomic E-state index is 13.1. The number of carbonyl (C=O) groups is 1. The highest BCUT2D eigenvalue weighted by atomic mass is 32.2. The average molecular weight is 453 g/mol. The minimum Gasteiger partial charge on any atom is -0.325 e. The first-order valence-electron chi connectivity index (χ1n) is 9.42. The number of halogens is 3. The van der Waals surface area contributed by atoms with Crippen molar-refractivity contribution < 1.29 is 26.4 Å². The molecule has 2 aromatic rings. The summed E-state index contributed by atoms with van der Waals surface area (Å²) in [5.41, 5.74) is 0.703. The molecule has 0 bridgehead atoms. The summed E-state index contributed by atoms with van der Waals surface area (Å²) in [7, 11) is -3.80. The number of nitriles is 1. The Labute approximate surface area is 179 Å². The van der Waals surface area contributed by atoms with Gasteiger partial charge < -0.3 is 4.90 Å². The van der Waals surface area contributed by atoms with Crippen LogP contribution in [0.1, 0.15) is 41.8 Å². The van der Waals surface area contributed by atoms with Crippen LogP contribution in [0.15, 0.2) is 53.4 Å². The number of nitrogens with one attached hydrogen (secondary N) is 1. The molecule has 0 saturated carbocycles. The first-order chi connectivity index (χ1) is 14.4. The molecule has 6 nitrogen and oxygen atoms in total. The van der Waals surface area contributed by atoms with Crippen molar-refractivity contribution in [2.75, 3.05) is 6.54 Å². The van der Waals surface area contributed by atoms with Gasteiger partial charge in [0.15, 0.2) is 0 Å². The molecule has 0 aliphatic rings. The van der Waals surface area contributed by atoms with Crippen molar-refractivity contribution in [1.82, 2.24) is 9.62 Å². The van der Waals surface area contributed by atoms with E-state index in [0.717, 1.165) is 0 Å². The van der Waals surface area contributed by atoms with Crippen LogP contribution in [-0.2, 0) is 16.6 Å². The van der Waals surface area contributed by atoms with Gasteiger partial charge in [-0.3, -0.25) is 4.79 Å². The van der Waals surface area contributed by atoms with E-state index in [9.17, 15) is 26.4 Å². The molecule has 2 aromatic carbocycles. The fraction of sp³-hybridized carbons (Fsp3) is 0.333. The van der Waals surface area contributed by atoms with Crippen LogP contribution in [0.25, 0.3) is 0 Å². The summed E-state index contributed by atoms with van der Waals surface area (Å²) in [6, 6.07) is 12.2. The number of alkyl halides is 3. The highest BCUT2D eigenvalue weighted by Gasteiger charge is 2.33. The van der Waals surface area contributed by atoms with Crippen molar-refractivity contribution in [2.45, 2.75) is 43.9 Å². The standard InChI is InChI=1S/C21H22F3N3O3S/c1-3-15(2)26-31(29,30)19-10-8-18(9-11-19)20(28)27(14-21(22,23)24)13-17-6-4-16(12-25)5-7-17/h4-11,15,26H,3,13-14H2,1-2H3. The Morgan fingerprint density at radius 3 is 2.19 bits per heavy atom. The third-order valence-electron chi connectivity index (χ3n) is 4.49. The number of nitrogens with zero attached hydrogens (tertiary/aromatic N) is 2. The fourth-order valence-electron chi connectivity index (χ4n) is 2.70. The Morgan fingerprint density at radius 1 is 1.13 bits per heavy atom. The van der Waals surface area contributed by atoms with E-state index in [1.54, 1.807) is 6.92 Å². The van der Waals surface area contributed by atoms with Crippen molar-refractivity contribution in [1.29, 1.82) is 5.26 Å². The summed E-state index contributed by atoms with van der Waals surface area (Å²) in [5.74, 6) is -0.888. The van der Waals surface area contributed by atoms with Gasteiger partial charge in [-0.25, -0.2) is 13.1 Å². The van der Waals surface area contributed by atoms with Crippen molar-refractivity contribution in [3.05, 3.63) is 65.2 Å². The van der Waals surface area contributed by atoms with Crippen LogP contribution in [0.2, 0.25) is 0 Å². The maximum absolute atomic E-state index is 13.1. The van der Waals surface area contributed by atoms with Crippen LogP contribution in [0.4, 0.5) is 13.2 Å². The van der Waals surface area contributed by atoms with E-state index >= 15 is 0 Å². The fourth-order valence-corrected chi connectivity index (χ4v) is 4.02. The third kappa shape index (κ3) is 7.08. The van der Waals surface area contributed by atoms with Gasteiger partial charge in [0, 0.05) is 18.2 Å². The van der Waals surface area contributed by atoms with Crippen molar-refractivity contribution in [2.24, 2.45) is 0 Å². The highest BCUT2D eigenvalue weighted by Crippen LogP contribution is 2.21. The molecule has 166 valence electrons. The van der Waals surface area contributed by atoms with Crippen LogP contribution in [0.5, 0.6) is 0 Å². The molecule has 0 heterocycles. The van der Waals surface area contributed by atoms with Crippen LogP contribution >= 0.6 is 0 Å². The number of benzene rings is 2. The van der Waals surface area contributed by atoms with Crippen LogP contribution in [0, 0.1) is 11.3 Å². The molecule has 0 spiro atoms. The number of hydrogen-bond acceptors (Lipinski definition) is 4. The first-order valence-corrected chi connectivity index (χ1v) is 10.9. The zero-order valence-electron chi connectivity index (χ0n) is 17.0. The highest BCUT2D eigenvalue weighted by molar-refractivity contribution is 7.89. The normalized spacial score (nSPS) is 12.8. The second-order valence-electron chi connectivity index (χ2n) is 7.04. The number of hydrogen-bond donors (Lipinski definition) is 1. The third-order valence-corrected chi connectivity index (χ3v) is 6.10. The Balaban J connectivity index is 2.26. The molecule has 0 fully saturated rings. The topological polar surface area (TPSA) is 90.3 Å². The molecule has 1 N–H and O–H groups in total. The van der Waals surface area contributed by atoms with Gasteiger partial charge in [0.25, 0.3) is 5.91 Å².